The quantitative estimate of drug-likeness (QED) is 0.630. The van der Waals surface area contributed by atoms with Crippen molar-refractivity contribution >= 4 is 23.5 Å². The number of rotatable bonds is 3. The number of ether oxygens (including phenoxy) is 1. The van der Waals surface area contributed by atoms with E-state index in [1.165, 1.54) is 7.11 Å². The monoisotopic (exact) mass is 281 g/mol. The fourth-order valence-electron chi connectivity index (χ4n) is 2.29. The largest absolute Gasteiger partial charge is 0.467 e. The Labute approximate surface area is 117 Å². The zero-order chi connectivity index (χ0) is 13.8. The summed E-state index contributed by atoms with van der Waals surface area (Å²) in [5.41, 5.74) is 1.54. The molecule has 1 aromatic carbocycles. The summed E-state index contributed by atoms with van der Waals surface area (Å²) in [4.78, 5) is 25.6. The third kappa shape index (κ3) is 2.89. The van der Waals surface area contributed by atoms with Crippen LogP contribution in [0.4, 0.5) is 0 Å². The molecule has 0 radical (unpaired) electrons. The van der Waals surface area contributed by atoms with Gasteiger partial charge in [0, 0.05) is 18.0 Å². The van der Waals surface area contributed by atoms with E-state index in [1.807, 2.05) is 12.1 Å². The molecule has 0 aliphatic carbocycles. The van der Waals surface area contributed by atoms with Crippen molar-refractivity contribution in [3.05, 3.63) is 35.4 Å². The molecule has 1 atom stereocenters. The van der Waals surface area contributed by atoms with Crippen molar-refractivity contribution in [1.29, 1.82) is 0 Å². The van der Waals surface area contributed by atoms with E-state index in [4.69, 9.17) is 16.3 Å². The average molecular weight is 282 g/mol. The number of hydrogen-bond acceptors (Lipinski definition) is 3. The van der Waals surface area contributed by atoms with Gasteiger partial charge in [0.15, 0.2) is 0 Å². The van der Waals surface area contributed by atoms with Crippen LogP contribution in [-0.4, -0.2) is 36.5 Å². The van der Waals surface area contributed by atoms with Crippen molar-refractivity contribution in [3.8, 4) is 0 Å². The maximum Gasteiger partial charge on any atom is 0.328 e. The number of alkyl halides is 1. The van der Waals surface area contributed by atoms with Crippen LogP contribution in [0, 0.1) is 0 Å². The second-order valence-electron chi connectivity index (χ2n) is 4.51. The number of amides is 1. The van der Waals surface area contributed by atoms with Crippen molar-refractivity contribution in [2.24, 2.45) is 0 Å². The van der Waals surface area contributed by atoms with Gasteiger partial charge in [0.1, 0.15) is 6.04 Å². The molecule has 0 N–H and O–H groups in total. The van der Waals surface area contributed by atoms with Crippen LogP contribution in [0.25, 0.3) is 0 Å². The molecule has 2 rings (SSSR count). The zero-order valence-corrected chi connectivity index (χ0v) is 11.5. The van der Waals surface area contributed by atoms with Crippen LogP contribution in [0.1, 0.15) is 28.8 Å². The fraction of sp³-hybridized carbons (Fsp3) is 0.429. The normalized spacial score (nSPS) is 18.4. The molecule has 1 fully saturated rings. The molecule has 0 bridgehead atoms. The number of hydrogen-bond donors (Lipinski definition) is 0. The highest BCUT2D eigenvalue weighted by Gasteiger charge is 2.35. The minimum atomic E-state index is -0.454. The summed E-state index contributed by atoms with van der Waals surface area (Å²) in [7, 11) is 1.35. The summed E-state index contributed by atoms with van der Waals surface area (Å²) in [6.45, 7) is 0.593. The van der Waals surface area contributed by atoms with Gasteiger partial charge in [0.05, 0.1) is 7.11 Å². The number of halogens is 1. The molecule has 0 spiro atoms. The van der Waals surface area contributed by atoms with Gasteiger partial charge < -0.3 is 9.64 Å². The first-order valence-corrected chi connectivity index (χ1v) is 6.74. The molecule has 1 aliphatic rings. The highest BCUT2D eigenvalue weighted by Crippen LogP contribution is 2.21. The lowest BCUT2D eigenvalue weighted by atomic mass is 10.1. The topological polar surface area (TPSA) is 46.6 Å². The predicted molar refractivity (Wildman–Crippen MR) is 72.1 cm³/mol. The minimum absolute atomic E-state index is 0.131. The van der Waals surface area contributed by atoms with E-state index in [0.29, 0.717) is 24.4 Å². The lowest BCUT2D eigenvalue weighted by Gasteiger charge is -2.22. The third-order valence-electron chi connectivity index (χ3n) is 3.34. The summed E-state index contributed by atoms with van der Waals surface area (Å²) < 4.78 is 4.74. The Morgan fingerprint density at radius 3 is 2.63 bits per heavy atom. The van der Waals surface area contributed by atoms with E-state index in [-0.39, 0.29) is 11.9 Å². The molecular formula is C14H16ClNO3. The summed E-state index contributed by atoms with van der Waals surface area (Å²) >= 11 is 5.71. The van der Waals surface area contributed by atoms with Crippen molar-refractivity contribution in [2.45, 2.75) is 24.8 Å². The molecule has 0 aromatic heterocycles. The molecule has 102 valence electrons. The van der Waals surface area contributed by atoms with E-state index in [1.54, 1.807) is 17.0 Å². The predicted octanol–water partition coefficient (Wildman–Crippen LogP) is 2.20. The van der Waals surface area contributed by atoms with Crippen molar-refractivity contribution in [1.82, 2.24) is 4.90 Å². The van der Waals surface area contributed by atoms with Gasteiger partial charge in [-0.2, -0.15) is 0 Å². The van der Waals surface area contributed by atoms with Crippen LogP contribution in [0.15, 0.2) is 24.3 Å². The molecule has 5 heteroatoms. The SMILES string of the molecule is COC(=O)C1CCCN1C(=O)c1ccc(CCl)cc1. The van der Waals surface area contributed by atoms with Gasteiger partial charge in [0.2, 0.25) is 0 Å². The molecule has 1 amide bonds. The molecule has 1 aliphatic heterocycles. The van der Waals surface area contributed by atoms with Crippen LogP contribution >= 0.6 is 11.6 Å². The van der Waals surface area contributed by atoms with Crippen LogP contribution in [0.2, 0.25) is 0 Å². The Bertz CT molecular complexity index is 472. The Kier molecular flexibility index (Phi) is 4.43. The summed E-state index contributed by atoms with van der Waals surface area (Å²) in [5, 5.41) is 0. The summed E-state index contributed by atoms with van der Waals surface area (Å²) in [6.07, 6.45) is 1.49. The number of methoxy groups -OCH3 is 1. The van der Waals surface area contributed by atoms with Crippen LogP contribution in [0.5, 0.6) is 0 Å². The Morgan fingerprint density at radius 1 is 1.37 bits per heavy atom. The van der Waals surface area contributed by atoms with Crippen molar-refractivity contribution in [2.75, 3.05) is 13.7 Å². The van der Waals surface area contributed by atoms with Gasteiger partial charge in [-0.15, -0.1) is 11.6 Å². The highest BCUT2D eigenvalue weighted by atomic mass is 35.5. The van der Waals surface area contributed by atoms with E-state index in [9.17, 15) is 9.59 Å². The van der Waals surface area contributed by atoms with Gasteiger partial charge in [-0.1, -0.05) is 12.1 Å². The zero-order valence-electron chi connectivity index (χ0n) is 10.8. The van der Waals surface area contributed by atoms with E-state index >= 15 is 0 Å². The van der Waals surface area contributed by atoms with Crippen LogP contribution in [0.3, 0.4) is 0 Å². The molecular weight excluding hydrogens is 266 g/mol. The fourth-order valence-corrected chi connectivity index (χ4v) is 2.47. The highest BCUT2D eigenvalue weighted by molar-refractivity contribution is 6.17. The molecule has 0 saturated carbocycles. The van der Waals surface area contributed by atoms with Gasteiger partial charge >= 0.3 is 5.97 Å². The molecule has 1 heterocycles. The third-order valence-corrected chi connectivity index (χ3v) is 3.65. The van der Waals surface area contributed by atoms with Crippen molar-refractivity contribution < 1.29 is 14.3 Å². The van der Waals surface area contributed by atoms with E-state index in [2.05, 4.69) is 0 Å². The van der Waals surface area contributed by atoms with Gasteiger partial charge in [-0.05, 0) is 30.5 Å². The summed E-state index contributed by atoms with van der Waals surface area (Å²) in [5.74, 6) is -0.0552. The minimum Gasteiger partial charge on any atom is -0.467 e. The molecule has 1 saturated heterocycles. The Balaban J connectivity index is 2.15. The molecule has 1 aromatic rings. The number of carbonyl (C=O) groups is 2. The lowest BCUT2D eigenvalue weighted by molar-refractivity contribution is -0.145. The maximum atomic E-state index is 12.4. The Hall–Kier alpha value is -1.55. The number of nitrogens with zero attached hydrogens (tertiary/aromatic N) is 1. The second-order valence-corrected chi connectivity index (χ2v) is 4.78. The standard InChI is InChI=1S/C14H16ClNO3/c1-19-14(18)12-3-2-8-16(12)13(17)11-6-4-10(9-15)5-7-11/h4-7,12H,2-3,8-9H2,1H3. The smallest absolute Gasteiger partial charge is 0.328 e. The van der Waals surface area contributed by atoms with Gasteiger partial charge in [0.25, 0.3) is 5.91 Å². The molecule has 19 heavy (non-hydrogen) atoms. The van der Waals surface area contributed by atoms with Crippen molar-refractivity contribution in [3.63, 3.8) is 0 Å². The number of likely N-dealkylation sites (tertiary alicyclic amines) is 1. The lowest BCUT2D eigenvalue weighted by Crippen LogP contribution is -2.41. The number of carbonyl (C=O) groups excluding carboxylic acids is 2. The summed E-state index contributed by atoms with van der Waals surface area (Å²) in [6, 6.07) is 6.68. The first kappa shape index (κ1) is 13.9. The van der Waals surface area contributed by atoms with Gasteiger partial charge in [-0.3, -0.25) is 4.79 Å². The average Bonchev–Trinajstić information content (AvgIpc) is 2.95. The first-order chi connectivity index (χ1) is 9.17. The first-order valence-electron chi connectivity index (χ1n) is 6.21. The van der Waals surface area contributed by atoms with Gasteiger partial charge in [-0.25, -0.2) is 4.79 Å². The van der Waals surface area contributed by atoms with Crippen LogP contribution < -0.4 is 0 Å². The Morgan fingerprint density at radius 2 is 2.05 bits per heavy atom. The maximum absolute atomic E-state index is 12.4. The number of benzene rings is 1. The van der Waals surface area contributed by atoms with E-state index in [0.717, 1.165) is 12.0 Å². The molecule has 4 nitrogen and oxygen atoms in total. The van der Waals surface area contributed by atoms with E-state index < -0.39 is 6.04 Å². The number of esters is 1. The molecule has 1 unspecified atom stereocenters. The van der Waals surface area contributed by atoms with Crippen LogP contribution in [-0.2, 0) is 15.4 Å². The second kappa shape index (κ2) is 6.06.